The van der Waals surface area contributed by atoms with Gasteiger partial charge in [0, 0.05) is 18.2 Å². The molecule has 2 fully saturated rings. The van der Waals surface area contributed by atoms with Gasteiger partial charge in [0.15, 0.2) is 35.4 Å². The maximum Gasteiger partial charge on any atom is 0.331 e. The molecule has 18 heteroatoms. The molecule has 2 aliphatic heterocycles. The van der Waals surface area contributed by atoms with Crippen molar-refractivity contribution in [1.82, 2.24) is 0 Å². The fourth-order valence-corrected chi connectivity index (χ4v) is 5.98. The van der Waals surface area contributed by atoms with E-state index < -0.39 is 85.7 Å². The van der Waals surface area contributed by atoms with Crippen LogP contribution in [0.3, 0.4) is 0 Å². The third-order valence-electron chi connectivity index (χ3n) is 8.91. The van der Waals surface area contributed by atoms with E-state index in [4.69, 9.17) is 42.3 Å². The topological polar surface area (TPSA) is 263 Å². The number of rotatable bonds is 11. The number of esters is 1. The SMILES string of the molecule is COc1cc(O[C@H]2O[C@@H](CO[C@H]3OC[C@H](O)[C@@H](O)[C@@H]3OC(=O)C=Cc3ccc(O)c(OC)c3)[C@H](O)[C@@H](O)[C@@H]2O)c2c(=O)c3c(O)c(OC)ccc3oc2c1. The van der Waals surface area contributed by atoms with Gasteiger partial charge in [0.2, 0.25) is 11.7 Å². The van der Waals surface area contributed by atoms with E-state index in [1.54, 1.807) is 0 Å². The smallest absolute Gasteiger partial charge is 0.331 e. The van der Waals surface area contributed by atoms with Gasteiger partial charge in [-0.3, -0.25) is 4.79 Å². The van der Waals surface area contributed by atoms with Gasteiger partial charge < -0.3 is 78.1 Å². The quantitative estimate of drug-likeness (QED) is 0.0616. The second kappa shape index (κ2) is 16.0. The summed E-state index contributed by atoms with van der Waals surface area (Å²) in [5.74, 6) is -1.48. The highest BCUT2D eigenvalue weighted by molar-refractivity contribution is 5.97. The molecule has 0 aliphatic carbocycles. The van der Waals surface area contributed by atoms with E-state index in [1.165, 1.54) is 69.9 Å². The summed E-state index contributed by atoms with van der Waals surface area (Å²) in [4.78, 5) is 26.5. The predicted molar refractivity (Wildman–Crippen MR) is 183 cm³/mol. The Balaban J connectivity index is 1.21. The van der Waals surface area contributed by atoms with E-state index in [2.05, 4.69) is 0 Å². The van der Waals surface area contributed by atoms with Gasteiger partial charge in [0.05, 0.1) is 34.5 Å². The number of aliphatic hydroxyl groups excluding tert-OH is 5. The molecule has 2 saturated heterocycles. The van der Waals surface area contributed by atoms with Crippen molar-refractivity contribution in [3.8, 4) is 34.5 Å². The molecule has 0 radical (unpaired) electrons. The summed E-state index contributed by atoms with van der Waals surface area (Å²) in [5, 5.41) is 73.5. The molecule has 7 N–H and O–H groups in total. The van der Waals surface area contributed by atoms with Crippen molar-refractivity contribution in [1.29, 1.82) is 0 Å². The average molecular weight is 759 g/mol. The van der Waals surface area contributed by atoms with Crippen molar-refractivity contribution in [2.45, 2.75) is 55.3 Å². The van der Waals surface area contributed by atoms with Crippen molar-refractivity contribution in [2.75, 3.05) is 34.5 Å². The lowest BCUT2D eigenvalue weighted by molar-refractivity contribution is -0.308. The van der Waals surface area contributed by atoms with Crippen LogP contribution >= 0.6 is 0 Å². The molecule has 3 heterocycles. The molecule has 2 aliphatic rings. The standard InChI is InChI=1S/C36H38O18/c1-46-16-11-22-26(31(43)27-19(51-22)7-8-20(47-2)29(27)41)23(12-16)52-35-33(45)32(44)30(42)24(53-35)14-50-36-34(28(40)18(38)13-49-36)54-25(39)9-5-15-4-6-17(37)21(10-15)48-3/h4-12,18,24,28,30,32-38,40-42,44-45H,13-14H2,1-3H3/t18-,24-,28+,30-,32+,33-,34-,35-,36+/m0/s1. The molecule has 0 bridgehead atoms. The first-order valence-corrected chi connectivity index (χ1v) is 16.4. The molecule has 3 aromatic carbocycles. The molecule has 6 rings (SSSR count). The number of methoxy groups -OCH3 is 3. The zero-order chi connectivity index (χ0) is 38.8. The molecule has 54 heavy (non-hydrogen) atoms. The van der Waals surface area contributed by atoms with Crippen LogP contribution in [0.4, 0.5) is 0 Å². The summed E-state index contributed by atoms with van der Waals surface area (Å²) >= 11 is 0. The molecule has 0 unspecified atom stereocenters. The fraction of sp³-hybridized carbons (Fsp3) is 0.389. The third-order valence-corrected chi connectivity index (χ3v) is 8.91. The monoisotopic (exact) mass is 758 g/mol. The number of hydrogen-bond acceptors (Lipinski definition) is 18. The Bertz CT molecular complexity index is 2080. The largest absolute Gasteiger partial charge is 0.504 e. The molecular formula is C36H38O18. The number of aliphatic hydroxyl groups is 5. The van der Waals surface area contributed by atoms with Crippen LogP contribution in [0.2, 0.25) is 0 Å². The summed E-state index contributed by atoms with van der Waals surface area (Å²) in [6.07, 6.45) is -12.6. The zero-order valence-corrected chi connectivity index (χ0v) is 28.9. The summed E-state index contributed by atoms with van der Waals surface area (Å²) in [7, 11) is 4.01. The van der Waals surface area contributed by atoms with E-state index >= 15 is 0 Å². The first kappa shape index (κ1) is 38.5. The molecular weight excluding hydrogens is 720 g/mol. The van der Waals surface area contributed by atoms with Crippen molar-refractivity contribution in [2.24, 2.45) is 0 Å². The molecule has 0 saturated carbocycles. The highest BCUT2D eigenvalue weighted by atomic mass is 16.7. The molecule has 18 nitrogen and oxygen atoms in total. The van der Waals surface area contributed by atoms with Gasteiger partial charge in [0.1, 0.15) is 70.1 Å². The van der Waals surface area contributed by atoms with Crippen LogP contribution in [0.25, 0.3) is 28.0 Å². The molecule has 9 atom stereocenters. The van der Waals surface area contributed by atoms with E-state index in [9.17, 15) is 45.3 Å². The van der Waals surface area contributed by atoms with Gasteiger partial charge in [0.25, 0.3) is 0 Å². The van der Waals surface area contributed by atoms with Gasteiger partial charge >= 0.3 is 5.97 Å². The number of hydrogen-bond donors (Lipinski definition) is 7. The second-order valence-corrected chi connectivity index (χ2v) is 12.3. The number of fused-ring (bicyclic) bond motifs is 2. The lowest BCUT2D eigenvalue weighted by Gasteiger charge is -2.41. The summed E-state index contributed by atoms with van der Waals surface area (Å²) < 4.78 is 49.7. The number of phenols is 2. The maximum absolute atomic E-state index is 13.8. The van der Waals surface area contributed by atoms with Crippen molar-refractivity contribution < 1.29 is 82.9 Å². The lowest BCUT2D eigenvalue weighted by atomic mass is 9.99. The molecule has 4 aromatic rings. The first-order valence-electron chi connectivity index (χ1n) is 16.4. The molecule has 0 amide bonds. The van der Waals surface area contributed by atoms with Crippen LogP contribution in [-0.2, 0) is 23.7 Å². The van der Waals surface area contributed by atoms with Crippen LogP contribution < -0.4 is 24.4 Å². The normalized spacial score (nSPS) is 27.2. The predicted octanol–water partition coefficient (Wildman–Crippen LogP) is 0.290. The van der Waals surface area contributed by atoms with Crippen LogP contribution in [0, 0.1) is 0 Å². The Labute approximate surface area is 305 Å². The number of phenolic OH excluding ortho intramolecular Hbond substituents is 2. The highest BCUT2D eigenvalue weighted by Crippen LogP contribution is 2.38. The number of carbonyl (C=O) groups excluding carboxylic acids is 1. The van der Waals surface area contributed by atoms with E-state index in [0.29, 0.717) is 5.56 Å². The van der Waals surface area contributed by atoms with Gasteiger partial charge in [-0.05, 0) is 35.9 Å². The zero-order valence-electron chi connectivity index (χ0n) is 28.9. The third kappa shape index (κ3) is 7.59. The Kier molecular flexibility index (Phi) is 11.5. The lowest BCUT2D eigenvalue weighted by Crippen LogP contribution is -2.61. The Morgan fingerprint density at radius 2 is 1.57 bits per heavy atom. The van der Waals surface area contributed by atoms with Crippen molar-refractivity contribution >= 4 is 34.0 Å². The van der Waals surface area contributed by atoms with Crippen LogP contribution in [-0.4, -0.2) is 132 Å². The van der Waals surface area contributed by atoms with Crippen LogP contribution in [0.15, 0.2) is 57.8 Å². The van der Waals surface area contributed by atoms with Crippen molar-refractivity contribution in [3.63, 3.8) is 0 Å². The number of benzene rings is 3. The van der Waals surface area contributed by atoms with Gasteiger partial charge in [-0.1, -0.05) is 6.07 Å². The second-order valence-electron chi connectivity index (χ2n) is 12.3. The molecule has 1 aromatic heterocycles. The average Bonchev–Trinajstić information content (AvgIpc) is 3.16. The van der Waals surface area contributed by atoms with Gasteiger partial charge in [-0.2, -0.15) is 0 Å². The van der Waals surface area contributed by atoms with Crippen LogP contribution in [0.5, 0.6) is 34.5 Å². The first-order chi connectivity index (χ1) is 25.8. The number of ether oxygens (including phenoxy) is 8. The van der Waals surface area contributed by atoms with Gasteiger partial charge in [-0.15, -0.1) is 0 Å². The van der Waals surface area contributed by atoms with E-state index in [0.717, 1.165) is 6.08 Å². The maximum atomic E-state index is 13.8. The Morgan fingerprint density at radius 3 is 2.30 bits per heavy atom. The summed E-state index contributed by atoms with van der Waals surface area (Å²) in [6.45, 7) is -1.03. The Hall–Kier alpha value is -5.18. The number of aromatic hydroxyl groups is 2. The minimum absolute atomic E-state index is 0.00341. The molecule has 0 spiro atoms. The van der Waals surface area contributed by atoms with Crippen LogP contribution in [0.1, 0.15) is 5.56 Å². The summed E-state index contributed by atoms with van der Waals surface area (Å²) in [5.41, 5.74) is -0.272. The fourth-order valence-electron chi connectivity index (χ4n) is 5.98. The Morgan fingerprint density at radius 1 is 0.815 bits per heavy atom. The highest BCUT2D eigenvalue weighted by Gasteiger charge is 2.47. The minimum Gasteiger partial charge on any atom is -0.504 e. The minimum atomic E-state index is -1.88. The van der Waals surface area contributed by atoms with E-state index in [-0.39, 0.29) is 50.7 Å². The molecule has 290 valence electrons. The van der Waals surface area contributed by atoms with Crippen molar-refractivity contribution in [3.05, 3.63) is 64.3 Å². The van der Waals surface area contributed by atoms with Gasteiger partial charge in [-0.25, -0.2) is 4.79 Å². The summed E-state index contributed by atoms with van der Waals surface area (Å²) in [6, 6.07) is 9.85. The van der Waals surface area contributed by atoms with E-state index in [1.807, 2.05) is 0 Å². The number of carbonyl (C=O) groups is 1.